The average Bonchev–Trinajstić information content (AvgIpc) is 3.15. The van der Waals surface area contributed by atoms with Crippen molar-refractivity contribution in [1.82, 2.24) is 15.5 Å². The predicted octanol–water partition coefficient (Wildman–Crippen LogP) is 2.12. The van der Waals surface area contributed by atoms with E-state index in [2.05, 4.69) is 22.5 Å². The Hall–Kier alpha value is -1.47. The van der Waals surface area contributed by atoms with Crippen LogP contribution in [0.1, 0.15) is 43.2 Å². The molecule has 25 heavy (non-hydrogen) atoms. The fourth-order valence-corrected chi connectivity index (χ4v) is 3.53. The molecule has 2 rings (SSSR count). The van der Waals surface area contributed by atoms with Crippen LogP contribution in [0, 0.1) is 0 Å². The molecule has 0 radical (unpaired) electrons. The second kappa shape index (κ2) is 10.5. The van der Waals surface area contributed by atoms with E-state index in [0.717, 1.165) is 44.6 Å². The van der Waals surface area contributed by atoms with E-state index in [-0.39, 0.29) is 23.6 Å². The Morgan fingerprint density at radius 1 is 1.40 bits per heavy atom. The van der Waals surface area contributed by atoms with Crippen molar-refractivity contribution in [2.45, 2.75) is 44.7 Å². The summed E-state index contributed by atoms with van der Waals surface area (Å²) in [5, 5.41) is 5.93. The molecule has 1 unspecified atom stereocenters. The largest absolute Gasteiger partial charge is 0.459 e. The number of piperidine rings is 1. The number of hydrogen-bond donors (Lipinski definition) is 2. The van der Waals surface area contributed by atoms with Crippen LogP contribution in [0.25, 0.3) is 0 Å². The maximum atomic E-state index is 12.7. The fraction of sp³-hybridized carbons (Fsp3) is 0.667. The van der Waals surface area contributed by atoms with Gasteiger partial charge in [0.25, 0.3) is 5.91 Å². The van der Waals surface area contributed by atoms with Crippen molar-refractivity contribution in [3.63, 3.8) is 0 Å². The molecule has 2 amide bonds. The highest BCUT2D eigenvalue weighted by molar-refractivity contribution is 7.98. The molecule has 6 nitrogen and oxygen atoms in total. The lowest BCUT2D eigenvalue weighted by molar-refractivity contribution is -0.124. The molecule has 1 aliphatic rings. The zero-order valence-electron chi connectivity index (χ0n) is 15.1. The Kier molecular flexibility index (Phi) is 8.34. The summed E-state index contributed by atoms with van der Waals surface area (Å²) in [4.78, 5) is 27.3. The number of rotatable bonds is 9. The number of thioether (sulfide) groups is 1. The van der Waals surface area contributed by atoms with Gasteiger partial charge in [-0.15, -0.1) is 0 Å². The van der Waals surface area contributed by atoms with Crippen molar-refractivity contribution < 1.29 is 14.0 Å². The van der Waals surface area contributed by atoms with Crippen LogP contribution in [0.4, 0.5) is 0 Å². The molecular weight excluding hydrogens is 338 g/mol. The molecule has 0 bridgehead atoms. The summed E-state index contributed by atoms with van der Waals surface area (Å²) in [6, 6.07) is 2.93. The fourth-order valence-electron chi connectivity index (χ4n) is 3.06. The first-order valence-electron chi connectivity index (χ1n) is 9.00. The molecule has 140 valence electrons. The van der Waals surface area contributed by atoms with E-state index in [4.69, 9.17) is 4.42 Å². The van der Waals surface area contributed by atoms with Gasteiger partial charge in [0.05, 0.1) is 6.26 Å². The lowest BCUT2D eigenvalue weighted by Crippen LogP contribution is -2.52. The quantitative estimate of drug-likeness (QED) is 0.699. The minimum Gasteiger partial charge on any atom is -0.459 e. The molecule has 0 saturated carbocycles. The molecule has 1 saturated heterocycles. The second-order valence-electron chi connectivity index (χ2n) is 6.41. The van der Waals surface area contributed by atoms with Gasteiger partial charge in [-0.25, -0.2) is 0 Å². The molecular formula is C18H29N3O3S. The van der Waals surface area contributed by atoms with Crippen LogP contribution in [0.3, 0.4) is 0 Å². The Bertz CT molecular complexity index is 528. The van der Waals surface area contributed by atoms with Crippen LogP contribution < -0.4 is 10.6 Å². The topological polar surface area (TPSA) is 74.6 Å². The van der Waals surface area contributed by atoms with E-state index in [0.29, 0.717) is 6.42 Å². The lowest BCUT2D eigenvalue weighted by atomic mass is 10.0. The summed E-state index contributed by atoms with van der Waals surface area (Å²) in [6.45, 7) is 5.35. The maximum absolute atomic E-state index is 12.7. The van der Waals surface area contributed by atoms with Gasteiger partial charge < -0.3 is 20.0 Å². The molecule has 0 aliphatic carbocycles. The number of furan rings is 1. The van der Waals surface area contributed by atoms with E-state index in [1.165, 1.54) is 6.26 Å². The number of amides is 2. The summed E-state index contributed by atoms with van der Waals surface area (Å²) in [6.07, 6.45) is 7.14. The van der Waals surface area contributed by atoms with Gasteiger partial charge in [0.15, 0.2) is 5.76 Å². The molecule has 0 spiro atoms. The Labute approximate surface area is 154 Å². The molecule has 1 aromatic rings. The zero-order chi connectivity index (χ0) is 18.1. The number of likely N-dealkylation sites (tertiary alicyclic amines) is 1. The average molecular weight is 368 g/mol. The number of hydrogen-bond acceptors (Lipinski definition) is 5. The number of nitrogens with zero attached hydrogens (tertiary/aromatic N) is 1. The first-order valence-corrected chi connectivity index (χ1v) is 10.4. The third-order valence-corrected chi connectivity index (χ3v) is 5.10. The van der Waals surface area contributed by atoms with Crippen molar-refractivity contribution in [3.05, 3.63) is 24.2 Å². The first-order chi connectivity index (χ1) is 12.1. The summed E-state index contributed by atoms with van der Waals surface area (Å²) < 4.78 is 5.11. The minimum absolute atomic E-state index is 0.0945. The summed E-state index contributed by atoms with van der Waals surface area (Å²) in [5.41, 5.74) is 0. The van der Waals surface area contributed by atoms with Gasteiger partial charge in [-0.05, 0) is 56.4 Å². The SMILES string of the molecule is CCCN1CCC(NC(=O)C(CCSC)NC(=O)c2ccco2)CC1. The molecule has 2 heterocycles. The monoisotopic (exact) mass is 367 g/mol. The molecule has 0 aromatic carbocycles. The highest BCUT2D eigenvalue weighted by Gasteiger charge is 2.26. The van der Waals surface area contributed by atoms with Crippen LogP contribution in [0.2, 0.25) is 0 Å². The Morgan fingerprint density at radius 2 is 2.16 bits per heavy atom. The van der Waals surface area contributed by atoms with Gasteiger partial charge in [0.2, 0.25) is 5.91 Å². The van der Waals surface area contributed by atoms with Gasteiger partial charge in [0, 0.05) is 19.1 Å². The van der Waals surface area contributed by atoms with Crippen LogP contribution in [-0.2, 0) is 4.79 Å². The van der Waals surface area contributed by atoms with Crippen molar-refractivity contribution in [2.75, 3.05) is 31.6 Å². The van der Waals surface area contributed by atoms with Crippen molar-refractivity contribution in [1.29, 1.82) is 0 Å². The lowest BCUT2D eigenvalue weighted by Gasteiger charge is -2.33. The van der Waals surface area contributed by atoms with Crippen molar-refractivity contribution in [3.8, 4) is 0 Å². The van der Waals surface area contributed by atoms with Gasteiger partial charge in [0.1, 0.15) is 6.04 Å². The Balaban J connectivity index is 1.86. The molecule has 1 aromatic heterocycles. The highest BCUT2D eigenvalue weighted by Crippen LogP contribution is 2.12. The molecule has 2 N–H and O–H groups in total. The summed E-state index contributed by atoms with van der Waals surface area (Å²) in [5.74, 6) is 0.604. The third-order valence-electron chi connectivity index (χ3n) is 4.45. The molecule has 1 atom stereocenters. The normalized spacial score (nSPS) is 17.2. The van der Waals surface area contributed by atoms with E-state index < -0.39 is 6.04 Å². The molecule has 1 fully saturated rings. The molecule has 7 heteroatoms. The predicted molar refractivity (Wildman–Crippen MR) is 101 cm³/mol. The van der Waals surface area contributed by atoms with E-state index in [1.54, 1.807) is 23.9 Å². The number of carbonyl (C=O) groups is 2. The number of carbonyl (C=O) groups excluding carboxylic acids is 2. The first kappa shape index (κ1) is 19.8. The van der Waals surface area contributed by atoms with Crippen LogP contribution in [0.5, 0.6) is 0 Å². The summed E-state index contributed by atoms with van der Waals surface area (Å²) in [7, 11) is 0. The van der Waals surface area contributed by atoms with Crippen molar-refractivity contribution >= 4 is 23.6 Å². The third kappa shape index (κ3) is 6.40. The van der Waals surface area contributed by atoms with Gasteiger partial charge in [-0.1, -0.05) is 6.92 Å². The van der Waals surface area contributed by atoms with Crippen molar-refractivity contribution in [2.24, 2.45) is 0 Å². The van der Waals surface area contributed by atoms with Crippen LogP contribution in [0.15, 0.2) is 22.8 Å². The highest BCUT2D eigenvalue weighted by atomic mass is 32.2. The second-order valence-corrected chi connectivity index (χ2v) is 7.39. The van der Waals surface area contributed by atoms with Crippen LogP contribution in [-0.4, -0.2) is 60.4 Å². The zero-order valence-corrected chi connectivity index (χ0v) is 15.9. The van der Waals surface area contributed by atoms with E-state index >= 15 is 0 Å². The van der Waals surface area contributed by atoms with Crippen LogP contribution >= 0.6 is 11.8 Å². The molecule has 1 aliphatic heterocycles. The smallest absolute Gasteiger partial charge is 0.287 e. The maximum Gasteiger partial charge on any atom is 0.287 e. The standard InChI is InChI=1S/C18H29N3O3S/c1-3-9-21-10-6-14(7-11-21)19-17(22)15(8-13-25-2)20-18(23)16-5-4-12-24-16/h4-5,12,14-15H,3,6-11,13H2,1-2H3,(H,19,22)(H,20,23). The Morgan fingerprint density at radius 3 is 2.76 bits per heavy atom. The van der Waals surface area contributed by atoms with Gasteiger partial charge in [-0.3, -0.25) is 9.59 Å². The number of nitrogens with one attached hydrogen (secondary N) is 2. The minimum atomic E-state index is -0.529. The van der Waals surface area contributed by atoms with E-state index in [1.807, 2.05) is 6.26 Å². The van der Waals surface area contributed by atoms with Gasteiger partial charge in [-0.2, -0.15) is 11.8 Å². The van der Waals surface area contributed by atoms with Gasteiger partial charge >= 0.3 is 0 Å². The summed E-state index contributed by atoms with van der Waals surface area (Å²) >= 11 is 1.66. The van der Waals surface area contributed by atoms with E-state index in [9.17, 15) is 9.59 Å².